The van der Waals surface area contributed by atoms with Crippen LogP contribution in [0.5, 0.6) is 5.75 Å². The Kier molecular flexibility index (Phi) is 6.54. The Labute approximate surface area is 223 Å². The van der Waals surface area contributed by atoms with E-state index in [1.54, 1.807) is 22.8 Å². The molecule has 4 aromatic heterocycles. The highest BCUT2D eigenvalue weighted by Crippen LogP contribution is 2.39. The highest BCUT2D eigenvalue weighted by atomic mass is 19.3. The van der Waals surface area contributed by atoms with E-state index in [1.165, 1.54) is 36.5 Å². The Morgan fingerprint density at radius 3 is 2.58 bits per heavy atom. The first-order valence-corrected chi connectivity index (χ1v) is 12.2. The summed E-state index contributed by atoms with van der Waals surface area (Å²) in [5.41, 5.74) is 1.31. The van der Waals surface area contributed by atoms with E-state index in [4.69, 9.17) is 0 Å². The van der Waals surface area contributed by atoms with Gasteiger partial charge in [0.25, 0.3) is 5.91 Å². The third-order valence-corrected chi connectivity index (χ3v) is 6.60. The van der Waals surface area contributed by atoms with Gasteiger partial charge in [0.15, 0.2) is 5.82 Å². The van der Waals surface area contributed by atoms with Crippen molar-refractivity contribution in [1.29, 1.82) is 0 Å². The predicted octanol–water partition coefficient (Wildman–Crippen LogP) is 4.83. The highest BCUT2D eigenvalue weighted by Gasteiger charge is 2.37. The average molecular weight is 549 g/mol. The molecular weight excluding hydrogens is 530 g/mol. The van der Waals surface area contributed by atoms with E-state index in [0.29, 0.717) is 24.2 Å². The van der Waals surface area contributed by atoms with Crippen molar-refractivity contribution in [3.63, 3.8) is 0 Å². The molecule has 4 heterocycles. The van der Waals surface area contributed by atoms with Gasteiger partial charge in [-0.2, -0.15) is 8.78 Å². The molecule has 5 aromatic rings. The molecule has 1 aromatic carbocycles. The molecule has 0 bridgehead atoms. The van der Waals surface area contributed by atoms with Crippen LogP contribution in [0.25, 0.3) is 28.2 Å². The molecule has 0 radical (unpaired) electrons. The fraction of sp³-hybridized carbons (Fsp3) is 0.185. The van der Waals surface area contributed by atoms with Crippen LogP contribution in [-0.2, 0) is 0 Å². The predicted molar refractivity (Wildman–Crippen MR) is 134 cm³/mol. The summed E-state index contributed by atoms with van der Waals surface area (Å²) in [6.07, 6.45) is 4.57. The van der Waals surface area contributed by atoms with Crippen molar-refractivity contribution in [3.8, 4) is 23.0 Å². The highest BCUT2D eigenvalue weighted by molar-refractivity contribution is 6.04. The number of fused-ring (bicyclic) bond motifs is 1. The number of nitrogens with one attached hydrogen (secondary N) is 1. The van der Waals surface area contributed by atoms with Crippen LogP contribution < -0.4 is 10.1 Å². The maximum Gasteiger partial charge on any atom is 0.387 e. The van der Waals surface area contributed by atoms with Gasteiger partial charge in [0.2, 0.25) is 0 Å². The van der Waals surface area contributed by atoms with E-state index in [0.717, 1.165) is 12.4 Å². The second kappa shape index (κ2) is 10.3. The number of alkyl halides is 2. The van der Waals surface area contributed by atoms with Crippen molar-refractivity contribution in [2.24, 2.45) is 0 Å². The first-order valence-electron chi connectivity index (χ1n) is 12.2. The topological polar surface area (TPSA) is 108 Å². The van der Waals surface area contributed by atoms with Gasteiger partial charge in [0, 0.05) is 24.2 Å². The van der Waals surface area contributed by atoms with Crippen LogP contribution in [-0.4, -0.2) is 48.3 Å². The molecule has 0 saturated heterocycles. The number of benzene rings is 1. The van der Waals surface area contributed by atoms with Crippen LogP contribution in [0.15, 0.2) is 67.1 Å². The van der Waals surface area contributed by atoms with E-state index < -0.39 is 18.2 Å². The van der Waals surface area contributed by atoms with Crippen molar-refractivity contribution >= 4 is 16.9 Å². The molecule has 1 saturated carbocycles. The molecule has 1 aliphatic carbocycles. The van der Waals surface area contributed by atoms with Crippen LogP contribution in [0.2, 0.25) is 0 Å². The number of rotatable bonds is 7. The lowest BCUT2D eigenvalue weighted by Gasteiger charge is -2.35. The summed E-state index contributed by atoms with van der Waals surface area (Å²) in [6.45, 7) is -3.00. The molecule has 0 aliphatic heterocycles. The van der Waals surface area contributed by atoms with Crippen LogP contribution in [0.4, 0.5) is 17.6 Å². The summed E-state index contributed by atoms with van der Waals surface area (Å²) < 4.78 is 59.4. The van der Waals surface area contributed by atoms with E-state index in [1.807, 2.05) is 0 Å². The lowest BCUT2D eigenvalue weighted by Crippen LogP contribution is -2.44. The first-order chi connectivity index (χ1) is 19.4. The number of ether oxygens (including phenoxy) is 1. The molecule has 40 heavy (non-hydrogen) atoms. The van der Waals surface area contributed by atoms with Gasteiger partial charge in [-0.25, -0.2) is 13.8 Å². The minimum Gasteiger partial charge on any atom is -0.433 e. The molecule has 9 nitrogen and oxygen atoms in total. The van der Waals surface area contributed by atoms with E-state index in [2.05, 4.69) is 35.2 Å². The minimum absolute atomic E-state index is 0.129. The number of hydrogen-bond acceptors (Lipinski definition) is 7. The van der Waals surface area contributed by atoms with Crippen molar-refractivity contribution in [1.82, 2.24) is 35.0 Å². The number of hydrogen-bond donors (Lipinski definition) is 1. The van der Waals surface area contributed by atoms with Crippen molar-refractivity contribution in [2.45, 2.75) is 31.4 Å². The van der Waals surface area contributed by atoms with Crippen molar-refractivity contribution in [2.75, 3.05) is 0 Å². The molecule has 0 atom stereocenters. The van der Waals surface area contributed by atoms with Gasteiger partial charge in [0.05, 0.1) is 29.2 Å². The molecule has 1 fully saturated rings. The zero-order valence-electron chi connectivity index (χ0n) is 20.5. The zero-order chi connectivity index (χ0) is 27.8. The fourth-order valence-corrected chi connectivity index (χ4v) is 4.68. The maximum absolute atomic E-state index is 14.9. The zero-order valence-corrected chi connectivity index (χ0v) is 20.5. The third kappa shape index (κ3) is 4.81. The van der Waals surface area contributed by atoms with Crippen LogP contribution >= 0.6 is 0 Å². The maximum atomic E-state index is 14.9. The van der Waals surface area contributed by atoms with Crippen LogP contribution in [0.1, 0.15) is 34.9 Å². The molecule has 13 heteroatoms. The lowest BCUT2D eigenvalue weighted by molar-refractivity contribution is -0.0500. The number of carbonyl (C=O) groups is 1. The van der Waals surface area contributed by atoms with Crippen LogP contribution in [0.3, 0.4) is 0 Å². The second-order valence-electron chi connectivity index (χ2n) is 9.14. The number of aromatic nitrogens is 6. The summed E-state index contributed by atoms with van der Waals surface area (Å²) in [5.74, 6) is -1.05. The summed E-state index contributed by atoms with van der Waals surface area (Å²) in [6, 6.07) is 11.4. The van der Waals surface area contributed by atoms with Gasteiger partial charge in [-0.15, -0.1) is 10.2 Å². The van der Waals surface area contributed by atoms with Gasteiger partial charge < -0.3 is 10.1 Å². The Balaban J connectivity index is 1.24. The monoisotopic (exact) mass is 549 g/mol. The second-order valence-corrected chi connectivity index (χ2v) is 9.14. The summed E-state index contributed by atoms with van der Waals surface area (Å²) in [7, 11) is 0. The largest absolute Gasteiger partial charge is 0.433 e. The first kappa shape index (κ1) is 25.3. The number of halogens is 4. The Hall–Kier alpha value is -4.94. The molecule has 0 unspecified atom stereocenters. The fourth-order valence-electron chi connectivity index (χ4n) is 4.68. The van der Waals surface area contributed by atoms with Gasteiger partial charge in [-0.3, -0.25) is 19.3 Å². The van der Waals surface area contributed by atoms with Gasteiger partial charge >= 0.3 is 6.61 Å². The molecule has 1 amide bonds. The standard InChI is InChI=1S/C27H19F4N7O2/c28-15-11-21-23(34-12-15)18(7-8-32-21)26(39)35-16-9-14(10-16)24-36-37-25(38(24)22-4-2-1-3-19(22)29)20-6-5-17(13-33-20)40-27(30)31/h1-8,11-14,16,27H,9-10H2,(H,35,39)/t14-,16-. The number of carbonyl (C=O) groups excluding carboxylic acids is 1. The summed E-state index contributed by atoms with van der Waals surface area (Å²) >= 11 is 0. The van der Waals surface area contributed by atoms with Crippen molar-refractivity contribution < 1.29 is 27.1 Å². The van der Waals surface area contributed by atoms with E-state index >= 15 is 0 Å². The molecular formula is C27H19F4N7O2. The summed E-state index contributed by atoms with van der Waals surface area (Å²) in [4.78, 5) is 25.2. The molecule has 1 N–H and O–H groups in total. The minimum atomic E-state index is -3.00. The summed E-state index contributed by atoms with van der Waals surface area (Å²) in [5, 5.41) is 11.5. The molecule has 202 valence electrons. The van der Waals surface area contributed by atoms with Crippen LogP contribution in [0, 0.1) is 11.6 Å². The molecule has 6 rings (SSSR count). The lowest BCUT2D eigenvalue weighted by atomic mass is 9.79. The van der Waals surface area contributed by atoms with Gasteiger partial charge in [-0.1, -0.05) is 12.1 Å². The number of nitrogens with zero attached hydrogens (tertiary/aromatic N) is 6. The quantitative estimate of drug-likeness (QED) is 0.290. The van der Waals surface area contributed by atoms with E-state index in [9.17, 15) is 22.4 Å². The number of para-hydroxylation sites is 1. The molecule has 0 spiro atoms. The van der Waals surface area contributed by atoms with Gasteiger partial charge in [-0.05, 0) is 43.2 Å². The Bertz CT molecular complexity index is 1710. The average Bonchev–Trinajstić information content (AvgIpc) is 3.34. The number of amides is 1. The normalized spacial score (nSPS) is 16.6. The van der Waals surface area contributed by atoms with Gasteiger partial charge in [0.1, 0.15) is 34.4 Å². The SMILES string of the molecule is O=C(N[C@H]1C[C@H](c2nnc(-c3ccc(OC(F)F)cn3)n2-c2ccccc2F)C1)c1ccnc2cc(F)cnc12. The molecule has 1 aliphatic rings. The number of pyridine rings is 3. The Morgan fingerprint density at radius 1 is 1.00 bits per heavy atom. The smallest absolute Gasteiger partial charge is 0.387 e. The third-order valence-electron chi connectivity index (χ3n) is 6.60. The van der Waals surface area contributed by atoms with Crippen molar-refractivity contribution in [3.05, 3.63) is 90.1 Å². The Morgan fingerprint density at radius 2 is 1.82 bits per heavy atom. The van der Waals surface area contributed by atoms with E-state index in [-0.39, 0.29) is 51.9 Å².